The lowest BCUT2D eigenvalue weighted by Crippen LogP contribution is -2.56. The molecule has 4 amide bonds. The number of rotatable bonds is 22. The number of amides is 4. The van der Waals surface area contributed by atoms with Gasteiger partial charge in [-0.15, -0.1) is 0 Å². The van der Waals surface area contributed by atoms with Gasteiger partial charge in [0, 0.05) is 54.4 Å². The minimum Gasteiger partial charge on any atom is -0.458 e. The minimum absolute atomic E-state index is 0.0105. The average molecular weight is 982 g/mol. The number of nitrogens with one attached hydrogen (secondary N) is 5. The number of pyridine rings is 2. The van der Waals surface area contributed by atoms with E-state index in [-0.39, 0.29) is 62.0 Å². The summed E-state index contributed by atoms with van der Waals surface area (Å²) < 4.78 is 22.1. The quantitative estimate of drug-likeness (QED) is 0.0244. The maximum atomic E-state index is 15.0. The van der Waals surface area contributed by atoms with E-state index in [4.69, 9.17) is 21.9 Å². The van der Waals surface area contributed by atoms with E-state index in [0.29, 0.717) is 76.7 Å². The first-order chi connectivity index (χ1) is 33.5. The molecule has 3 atom stereocenters. The highest BCUT2D eigenvalue weighted by molar-refractivity contribution is 7.71. The van der Waals surface area contributed by atoms with Crippen LogP contribution in [0.5, 0.6) is 0 Å². The zero-order chi connectivity index (χ0) is 50.7. The molecule has 0 spiro atoms. The molecule has 2 aliphatic heterocycles. The van der Waals surface area contributed by atoms with E-state index in [0.717, 1.165) is 37.2 Å². The van der Waals surface area contributed by atoms with Crippen LogP contribution in [0.4, 0.5) is 4.39 Å². The van der Waals surface area contributed by atoms with Crippen LogP contribution in [0.15, 0.2) is 35.4 Å². The highest BCUT2D eigenvalue weighted by atomic mass is 32.1. The number of ether oxygens (including phenoxy) is 1. The van der Waals surface area contributed by atoms with Crippen molar-refractivity contribution in [2.45, 2.75) is 130 Å². The first kappa shape index (κ1) is 53.0. The Morgan fingerprint density at radius 3 is 2.49 bits per heavy atom. The highest BCUT2D eigenvalue weighted by Gasteiger charge is 2.45. The van der Waals surface area contributed by atoms with Gasteiger partial charge in [-0.2, -0.15) is 0 Å². The second-order valence-corrected chi connectivity index (χ2v) is 18.5. The fourth-order valence-electron chi connectivity index (χ4n) is 8.87. The van der Waals surface area contributed by atoms with Crippen molar-refractivity contribution in [1.82, 2.24) is 45.7 Å². The van der Waals surface area contributed by atoms with Crippen molar-refractivity contribution in [3.8, 4) is 23.2 Å². The monoisotopic (exact) mass is 981 g/mol. The van der Waals surface area contributed by atoms with Gasteiger partial charge in [0.05, 0.1) is 41.1 Å². The fraction of sp³-hybridized carbons (Fsp3) is 0.510. The summed E-state index contributed by atoms with van der Waals surface area (Å²) in [6.45, 7) is 13.4. The van der Waals surface area contributed by atoms with Gasteiger partial charge in [-0.25, -0.2) is 19.2 Å². The number of hydrogen-bond acceptors (Lipinski definition) is 12. The van der Waals surface area contributed by atoms with E-state index < -0.39 is 52.8 Å². The number of hydrogen-bond donors (Lipinski definition) is 6. The molecule has 0 saturated carbocycles. The van der Waals surface area contributed by atoms with Crippen LogP contribution < -0.4 is 26.8 Å². The zero-order valence-electron chi connectivity index (χ0n) is 40.8. The Kier molecular flexibility index (Phi) is 18.2. The van der Waals surface area contributed by atoms with E-state index in [1.54, 1.807) is 38.4 Å². The molecule has 2 aliphatic rings. The Hall–Kier alpha value is -6.36. The lowest BCUT2D eigenvalue weighted by atomic mass is 9.86. The van der Waals surface area contributed by atoms with Gasteiger partial charge in [-0.1, -0.05) is 46.5 Å². The van der Waals surface area contributed by atoms with Crippen LogP contribution in [0.2, 0.25) is 0 Å². The number of aliphatic hydroxyl groups is 1. The normalized spacial score (nSPS) is 15.5. The molecular weight excluding hydrogens is 918 g/mol. The molecule has 6 rings (SSSR count). The largest absolute Gasteiger partial charge is 0.458 e. The van der Waals surface area contributed by atoms with Crippen LogP contribution in [0, 0.1) is 35.3 Å². The van der Waals surface area contributed by atoms with Crippen molar-refractivity contribution in [3.05, 3.63) is 84.9 Å². The highest BCUT2D eigenvalue weighted by Crippen LogP contribution is 2.41. The number of fused-ring (bicyclic) bond motifs is 5. The molecule has 0 aliphatic carbocycles. The maximum absolute atomic E-state index is 15.0. The molecule has 70 heavy (non-hydrogen) atoms. The Bertz CT molecular complexity index is 2790. The van der Waals surface area contributed by atoms with Gasteiger partial charge in [-0.05, 0) is 113 Å². The summed E-state index contributed by atoms with van der Waals surface area (Å²) in [5.74, 6) is 2.61. The number of esters is 1. The predicted octanol–water partition coefficient (Wildman–Crippen LogP) is 4.50. The Balaban J connectivity index is 1.07. The first-order valence-corrected chi connectivity index (χ1v) is 24.6. The molecule has 0 fully saturated rings. The second kappa shape index (κ2) is 24.0. The van der Waals surface area contributed by atoms with Gasteiger partial charge in [0.25, 0.3) is 5.56 Å². The lowest BCUT2D eigenvalue weighted by molar-refractivity contribution is -0.172. The van der Waals surface area contributed by atoms with Crippen LogP contribution in [-0.4, -0.2) is 104 Å². The zero-order valence-corrected chi connectivity index (χ0v) is 41.6. The number of carbonyl (C=O) groups is 5. The van der Waals surface area contributed by atoms with E-state index in [2.05, 4.69) is 61.8 Å². The summed E-state index contributed by atoms with van der Waals surface area (Å²) in [5.41, 5.74) is 1.80. The van der Waals surface area contributed by atoms with Crippen molar-refractivity contribution in [1.29, 1.82) is 0 Å². The predicted molar refractivity (Wildman–Crippen MR) is 264 cm³/mol. The van der Waals surface area contributed by atoms with E-state index >= 15 is 0 Å². The smallest absolute Gasteiger partial charge is 0.343 e. The van der Waals surface area contributed by atoms with Crippen LogP contribution >= 0.6 is 12.2 Å². The van der Waals surface area contributed by atoms with Gasteiger partial charge in [0.2, 0.25) is 23.6 Å². The third-order valence-corrected chi connectivity index (χ3v) is 13.3. The van der Waals surface area contributed by atoms with E-state index in [9.17, 15) is 38.3 Å². The third kappa shape index (κ3) is 12.5. The molecule has 4 aromatic rings. The molecule has 6 N–H and O–H groups in total. The van der Waals surface area contributed by atoms with Gasteiger partial charge in [0.1, 0.15) is 24.5 Å². The van der Waals surface area contributed by atoms with E-state index in [1.807, 2.05) is 13.8 Å². The minimum atomic E-state index is -2.00. The Morgan fingerprint density at radius 2 is 1.79 bits per heavy atom. The number of nitrogens with zero attached hydrogens (tertiary/aromatic N) is 4. The molecule has 0 unspecified atom stereocenters. The number of H-pyrrole nitrogens is 1. The number of cyclic esters (lactones) is 1. The van der Waals surface area contributed by atoms with Crippen molar-refractivity contribution >= 4 is 52.7 Å². The van der Waals surface area contributed by atoms with Gasteiger partial charge >= 0.3 is 5.97 Å². The molecule has 19 heteroatoms. The number of aromatic nitrogens is 4. The van der Waals surface area contributed by atoms with Gasteiger partial charge in [0.15, 0.2) is 10.4 Å². The summed E-state index contributed by atoms with van der Waals surface area (Å²) in [4.78, 5) is 94.1. The summed E-state index contributed by atoms with van der Waals surface area (Å²) in [6.07, 6.45) is 6.86. The molecule has 0 bridgehead atoms. The molecule has 1 aromatic carbocycles. The molecule has 3 aromatic heterocycles. The number of halogens is 1. The first-order valence-electron chi connectivity index (χ1n) is 24.2. The summed E-state index contributed by atoms with van der Waals surface area (Å²) in [6, 6.07) is 2.81. The van der Waals surface area contributed by atoms with E-state index in [1.165, 1.54) is 10.6 Å². The molecule has 0 saturated heterocycles. The van der Waals surface area contributed by atoms with Crippen LogP contribution in [0.1, 0.15) is 119 Å². The lowest BCUT2D eigenvalue weighted by Gasteiger charge is -2.31. The molecular formula is C51H64FN9O8S. The summed E-state index contributed by atoms with van der Waals surface area (Å²) in [5, 5.41) is 23.3. The summed E-state index contributed by atoms with van der Waals surface area (Å²) in [7, 11) is 0. The van der Waals surface area contributed by atoms with Gasteiger partial charge in [-0.3, -0.25) is 24.0 Å². The van der Waals surface area contributed by atoms with Crippen molar-refractivity contribution in [2.24, 2.45) is 5.92 Å². The second-order valence-electron chi connectivity index (χ2n) is 18.1. The van der Waals surface area contributed by atoms with Crippen molar-refractivity contribution in [2.75, 3.05) is 32.7 Å². The molecule has 17 nitrogen and oxygen atoms in total. The fourth-order valence-corrected chi connectivity index (χ4v) is 8.98. The number of benzene rings is 1. The van der Waals surface area contributed by atoms with Crippen LogP contribution in [-0.2, 0) is 53.9 Å². The number of carbonyl (C=O) groups excluding carboxylic acids is 5. The van der Waals surface area contributed by atoms with Crippen LogP contribution in [0.3, 0.4) is 0 Å². The number of aromatic amines is 1. The van der Waals surface area contributed by atoms with Gasteiger partial charge < -0.3 is 45.6 Å². The van der Waals surface area contributed by atoms with Crippen molar-refractivity contribution in [3.63, 3.8) is 0 Å². The average Bonchev–Trinajstić information content (AvgIpc) is 3.71. The number of unbranched alkanes of at least 4 members (excludes halogenated alkanes) is 2. The Morgan fingerprint density at radius 1 is 1.01 bits per heavy atom. The molecule has 5 heterocycles. The molecule has 0 radical (unpaired) electrons. The summed E-state index contributed by atoms with van der Waals surface area (Å²) >= 11 is 4.95. The Labute approximate surface area is 412 Å². The van der Waals surface area contributed by atoms with Crippen LogP contribution in [0.25, 0.3) is 22.3 Å². The third-order valence-electron chi connectivity index (χ3n) is 13.1. The SMILES string of the molecule is CCN(CC)CCCC[C@H](NC(=O)[C@@H](NC(=O)CCCC#Cc1cnc(=S)[nH]c1)C(C)C)C(=O)NCC(=O)NCCCc1c2c(nc3cc(F)c(C)cc13)-c1cc3c(c(=O)n1C2)COC(=O)[C@]3(O)CC. The maximum Gasteiger partial charge on any atom is 0.343 e. The topological polar surface area (TPSA) is 230 Å². The molecule has 374 valence electrons. The standard InChI is InChI=1S/C51H64FN9O8S/c1-7-51(68)37-23-41-45-35(28-61(41)48(66)36(37)29-69-49(51)67)33(34-22-31(6)38(52)24-40(34)57-45)17-15-20-53-43(63)27-54-46(64)39(18-13-14-21-60(8-2)9-3)58-47(65)44(30(4)5)59-42(62)19-12-10-11-16-32-25-55-50(70)56-26-32/h22-26,30,39,44,68H,7-10,12-15,17-21,27-29H2,1-6H3,(H,53,63)(H,54,64)(H,58,65)(H,59,62)(H,55,56,70)/t39-,44-,51-/m0/s1. The number of aryl methyl sites for hydroxylation is 2. The van der Waals surface area contributed by atoms with Crippen molar-refractivity contribution < 1.29 is 38.2 Å².